The summed E-state index contributed by atoms with van der Waals surface area (Å²) in [6.07, 6.45) is 2.75. The molecule has 0 aliphatic carbocycles. The number of thioether (sulfide) groups is 1. The fraction of sp³-hybridized carbons (Fsp3) is 0.143. The summed E-state index contributed by atoms with van der Waals surface area (Å²) in [5, 5.41) is 40.7. The van der Waals surface area contributed by atoms with E-state index in [2.05, 4.69) is 21.2 Å². The fourth-order valence-corrected chi connectivity index (χ4v) is 9.20. The largest absolute Gasteiger partial charge is 0.497 e. The lowest BCUT2D eigenvalue weighted by molar-refractivity contribution is -0.137. The number of anilines is 1. The van der Waals surface area contributed by atoms with Crippen molar-refractivity contribution in [3.8, 4) is 5.75 Å². The molecular weight excluding hydrogens is 996 g/mol. The van der Waals surface area contributed by atoms with Gasteiger partial charge in [-0.2, -0.15) is 0 Å². The molecule has 19 heteroatoms. The number of thiocarbonyl (C=S) groups is 1. The summed E-state index contributed by atoms with van der Waals surface area (Å²) in [5.74, 6) is -4.25. The Kier molecular flexibility index (Phi) is 19.8. The third kappa shape index (κ3) is 14.0. The molecule has 1 unspecified atom stereocenters. The molecule has 1 atom stereocenters. The maximum Gasteiger partial charge on any atom is 0.347 e. The topological polar surface area (TPSA) is 188 Å². The van der Waals surface area contributed by atoms with Crippen LogP contribution in [0.4, 0.5) is 5.69 Å². The van der Waals surface area contributed by atoms with Gasteiger partial charge in [0.1, 0.15) is 10.6 Å². The predicted octanol–water partition coefficient (Wildman–Crippen LogP) is 12.7. The van der Waals surface area contributed by atoms with Gasteiger partial charge in [-0.05, 0) is 88.4 Å². The summed E-state index contributed by atoms with van der Waals surface area (Å²) in [6, 6.07) is 23.1. The Morgan fingerprint density at radius 3 is 1.89 bits per heavy atom. The molecule has 320 valence electrons. The van der Waals surface area contributed by atoms with Crippen molar-refractivity contribution in [1.29, 1.82) is 0 Å². The standard InChI is InChI=1S/C16H11Cl4NO3.C13H12O2S2.C8H8O3.C5H3BrO2S/c1-6-3-4-8(7(2)5-6)21-15(22)9-10(16(23)24)12(18)14(20)13(19)11(9)17;14-11(15)9-13(7-4-8-17-13)12(16)10-5-2-1-3-6-10;1-11-7-4-2-3-6(5-7)8(9)10;6-3-1-2-9-4(3)5(7)8/h3-5H,1-2H3,(H,21,22)(H,23,24);1-6,8H,7,9H2,(H,14,15);2-5H,1H3,(H,9,10);1-2H,(H,7,8). The first-order valence-corrected chi connectivity index (χ1v) is 21.7. The van der Waals surface area contributed by atoms with Gasteiger partial charge in [-0.15, -0.1) is 23.1 Å². The van der Waals surface area contributed by atoms with Crippen LogP contribution in [0.25, 0.3) is 0 Å². The molecule has 1 aliphatic rings. The third-order valence-electron chi connectivity index (χ3n) is 8.19. The number of amides is 1. The van der Waals surface area contributed by atoms with Crippen LogP contribution in [0.15, 0.2) is 100 Å². The predicted molar refractivity (Wildman–Crippen MR) is 251 cm³/mol. The van der Waals surface area contributed by atoms with Crippen LogP contribution in [0.5, 0.6) is 5.75 Å². The van der Waals surface area contributed by atoms with Crippen molar-refractivity contribution in [3.63, 3.8) is 0 Å². The van der Waals surface area contributed by atoms with Gasteiger partial charge in [0.25, 0.3) is 5.91 Å². The normalized spacial score (nSPS) is 13.5. The Balaban J connectivity index is 0.000000233. The zero-order valence-electron chi connectivity index (χ0n) is 32.0. The lowest BCUT2D eigenvalue weighted by atomic mass is 9.92. The van der Waals surface area contributed by atoms with Crippen molar-refractivity contribution in [3.05, 3.63) is 159 Å². The minimum atomic E-state index is -1.44. The van der Waals surface area contributed by atoms with Crippen LogP contribution in [0, 0.1) is 13.8 Å². The molecule has 1 aromatic heterocycles. The first-order chi connectivity index (χ1) is 28.7. The third-order valence-corrected chi connectivity index (χ3v) is 13.9. The summed E-state index contributed by atoms with van der Waals surface area (Å²) in [6.45, 7) is 3.72. The number of nitrogens with one attached hydrogen (secondary N) is 1. The van der Waals surface area contributed by atoms with Gasteiger partial charge >= 0.3 is 23.9 Å². The number of aliphatic carboxylic acids is 1. The van der Waals surface area contributed by atoms with Gasteiger partial charge < -0.3 is 30.5 Å². The molecule has 61 heavy (non-hydrogen) atoms. The second kappa shape index (κ2) is 23.7. The number of thiophene rings is 1. The Bertz CT molecular complexity index is 2470. The molecule has 6 rings (SSSR count). The number of carboxylic acids is 4. The maximum atomic E-state index is 12.6. The van der Waals surface area contributed by atoms with Gasteiger partial charge in [-0.25, -0.2) is 14.4 Å². The maximum absolute atomic E-state index is 12.6. The molecule has 1 aliphatic heterocycles. The molecule has 11 nitrogen and oxygen atoms in total. The summed E-state index contributed by atoms with van der Waals surface area (Å²) in [7, 11) is 1.50. The molecule has 0 fully saturated rings. The number of methoxy groups -OCH3 is 1. The number of allylic oxidation sites excluding steroid dienone is 1. The zero-order valence-corrected chi connectivity index (χ0v) is 39.1. The van der Waals surface area contributed by atoms with E-state index in [-0.39, 0.29) is 37.6 Å². The van der Waals surface area contributed by atoms with Gasteiger partial charge in [0.05, 0.1) is 55.1 Å². The van der Waals surface area contributed by atoms with Crippen molar-refractivity contribution in [1.82, 2.24) is 0 Å². The highest BCUT2D eigenvalue weighted by atomic mass is 79.9. The highest BCUT2D eigenvalue weighted by Crippen LogP contribution is 2.43. The number of halogens is 5. The number of ether oxygens (including phenoxy) is 1. The van der Waals surface area contributed by atoms with Crippen LogP contribution in [-0.2, 0) is 4.79 Å². The van der Waals surface area contributed by atoms with E-state index >= 15 is 0 Å². The lowest BCUT2D eigenvalue weighted by Gasteiger charge is -2.27. The van der Waals surface area contributed by atoms with Gasteiger partial charge in [0.15, 0.2) is 0 Å². The summed E-state index contributed by atoms with van der Waals surface area (Å²) in [5.41, 5.74) is 2.68. The Morgan fingerprint density at radius 2 is 1.41 bits per heavy atom. The molecule has 2 heterocycles. The molecule has 0 radical (unpaired) electrons. The van der Waals surface area contributed by atoms with Crippen molar-refractivity contribution < 1.29 is 49.1 Å². The minimum absolute atomic E-state index is 0.0679. The number of carbonyl (C=O) groups excluding carboxylic acids is 1. The molecule has 5 N–H and O–H groups in total. The number of hydrogen-bond donors (Lipinski definition) is 5. The first-order valence-electron chi connectivity index (χ1n) is 17.2. The average Bonchev–Trinajstić information content (AvgIpc) is 3.89. The number of benzene rings is 4. The summed E-state index contributed by atoms with van der Waals surface area (Å²) in [4.78, 5) is 56.9. The molecule has 4 aromatic carbocycles. The second-order valence-corrected chi connectivity index (χ2v) is 17.5. The van der Waals surface area contributed by atoms with Gasteiger partial charge in [0.2, 0.25) is 0 Å². The second-order valence-electron chi connectivity index (χ2n) is 12.5. The molecule has 1 amide bonds. The van der Waals surface area contributed by atoms with Crippen LogP contribution >= 0.6 is 97.7 Å². The molecule has 5 aromatic rings. The van der Waals surface area contributed by atoms with Crippen molar-refractivity contribution in [2.45, 2.75) is 31.4 Å². The number of aryl methyl sites for hydroxylation is 2. The van der Waals surface area contributed by atoms with Crippen LogP contribution in [0.3, 0.4) is 0 Å². The minimum Gasteiger partial charge on any atom is -0.497 e. The number of carbonyl (C=O) groups is 5. The highest BCUT2D eigenvalue weighted by molar-refractivity contribution is 9.10. The molecule has 0 bridgehead atoms. The molecular formula is C42H34BrCl4NO10S3. The quantitative estimate of drug-likeness (QED) is 0.0386. The van der Waals surface area contributed by atoms with E-state index in [1.165, 1.54) is 42.3 Å². The van der Waals surface area contributed by atoms with E-state index in [4.69, 9.17) is 78.7 Å². The summed E-state index contributed by atoms with van der Waals surface area (Å²) >= 11 is 35.1. The number of carboxylic acid groups (broad SMARTS) is 4. The highest BCUT2D eigenvalue weighted by Gasteiger charge is 2.39. The van der Waals surface area contributed by atoms with Crippen LogP contribution in [0.1, 0.15) is 70.3 Å². The molecule has 0 spiro atoms. The first kappa shape index (κ1) is 50.9. The SMILES string of the molecule is COc1cccc(C(=O)O)c1.Cc1ccc(NC(=O)c2c(Cl)c(Cl)c(Cl)c(Cl)c2C(=O)O)c(C)c1.O=C(O)CC1(C(=S)c2ccccc2)CC=CS1.O=C(O)c1sccc1Br. The van der Waals surface area contributed by atoms with E-state index in [0.717, 1.165) is 21.6 Å². The molecule has 0 saturated carbocycles. The van der Waals surface area contributed by atoms with E-state index in [1.54, 1.807) is 29.6 Å². The summed E-state index contributed by atoms with van der Waals surface area (Å²) < 4.78 is 5.01. The number of hydrogen-bond acceptors (Lipinski definition) is 9. The lowest BCUT2D eigenvalue weighted by Crippen LogP contribution is -2.34. The fourth-order valence-electron chi connectivity index (χ4n) is 5.29. The van der Waals surface area contributed by atoms with E-state index in [0.29, 0.717) is 27.2 Å². The van der Waals surface area contributed by atoms with E-state index in [9.17, 15) is 29.1 Å². The van der Waals surface area contributed by atoms with Crippen LogP contribution < -0.4 is 10.1 Å². The number of rotatable bonds is 10. The zero-order chi connectivity index (χ0) is 45.6. The smallest absolute Gasteiger partial charge is 0.347 e. The van der Waals surface area contributed by atoms with Crippen molar-refractivity contribution in [2.75, 3.05) is 12.4 Å². The number of aromatic carboxylic acids is 3. The molecule has 0 saturated heterocycles. The van der Waals surface area contributed by atoms with Crippen LogP contribution in [-0.4, -0.2) is 66.9 Å². The monoisotopic (exact) mass is 1030 g/mol. The van der Waals surface area contributed by atoms with Gasteiger partial charge in [0, 0.05) is 15.0 Å². The Labute approximate surface area is 392 Å². The van der Waals surface area contributed by atoms with Crippen LogP contribution in [0.2, 0.25) is 20.1 Å². The van der Waals surface area contributed by atoms with E-state index < -0.39 is 40.1 Å². The Morgan fingerprint density at radius 1 is 0.787 bits per heavy atom. The average molecular weight is 1030 g/mol. The van der Waals surface area contributed by atoms with E-state index in [1.807, 2.05) is 67.8 Å². The van der Waals surface area contributed by atoms with Crippen molar-refractivity contribution >= 4 is 138 Å². The van der Waals surface area contributed by atoms with Gasteiger partial charge in [-0.3, -0.25) is 9.59 Å². The Hall–Kier alpha value is -4.45. The van der Waals surface area contributed by atoms with Crippen molar-refractivity contribution in [2.24, 2.45) is 0 Å². The van der Waals surface area contributed by atoms with Gasteiger partial charge in [-0.1, -0.05) is 119 Å².